The van der Waals surface area contributed by atoms with Gasteiger partial charge >= 0.3 is 6.09 Å². The van der Waals surface area contributed by atoms with Crippen LogP contribution in [0.15, 0.2) is 36.4 Å². The monoisotopic (exact) mass is 354 g/mol. The molecule has 0 N–H and O–H groups in total. The van der Waals surface area contributed by atoms with E-state index in [2.05, 4.69) is 6.07 Å². The van der Waals surface area contributed by atoms with Crippen LogP contribution in [-0.2, 0) is 17.8 Å². The highest BCUT2D eigenvalue weighted by molar-refractivity contribution is 6.33. The second-order valence-electron chi connectivity index (χ2n) is 7.09. The van der Waals surface area contributed by atoms with Crippen LogP contribution in [0.5, 0.6) is 0 Å². The minimum Gasteiger partial charge on any atom is -0.444 e. The number of hydrogen-bond donors (Lipinski definition) is 0. The fraction of sp³-hybridized carbons (Fsp3) is 0.300. The van der Waals surface area contributed by atoms with Gasteiger partial charge in [-0.1, -0.05) is 35.9 Å². The Bertz CT molecular complexity index is 878. The van der Waals surface area contributed by atoms with E-state index in [1.807, 2.05) is 45.0 Å². The van der Waals surface area contributed by atoms with Gasteiger partial charge in [0.05, 0.1) is 18.2 Å². The average Bonchev–Trinajstić information content (AvgIpc) is 2.97. The fourth-order valence-corrected chi connectivity index (χ4v) is 3.22. The molecule has 0 saturated carbocycles. The standard InChI is InChI=1S/C20H19ClN2O2/c1-20(2,3)25-19(24)23-11-14-5-4-6-15(17(14)12-23)16-8-7-13(10-22)9-18(16)21/h4-9H,11-12H2,1-3H3. The van der Waals surface area contributed by atoms with E-state index in [-0.39, 0.29) is 6.09 Å². The van der Waals surface area contributed by atoms with Gasteiger partial charge in [-0.25, -0.2) is 4.79 Å². The molecular weight excluding hydrogens is 336 g/mol. The lowest BCUT2D eigenvalue weighted by Gasteiger charge is -2.24. The number of rotatable bonds is 1. The van der Waals surface area contributed by atoms with E-state index in [0.717, 1.165) is 22.3 Å². The van der Waals surface area contributed by atoms with E-state index in [1.54, 1.807) is 17.0 Å². The summed E-state index contributed by atoms with van der Waals surface area (Å²) in [6, 6.07) is 13.3. The zero-order valence-corrected chi connectivity index (χ0v) is 15.2. The van der Waals surface area contributed by atoms with Crippen LogP contribution in [0, 0.1) is 11.3 Å². The molecule has 4 nitrogen and oxygen atoms in total. The van der Waals surface area contributed by atoms with Crippen LogP contribution < -0.4 is 0 Å². The summed E-state index contributed by atoms with van der Waals surface area (Å²) in [4.78, 5) is 14.1. The normalized spacial score (nSPS) is 13.3. The lowest BCUT2D eigenvalue weighted by Crippen LogP contribution is -2.33. The smallest absolute Gasteiger partial charge is 0.410 e. The maximum Gasteiger partial charge on any atom is 0.410 e. The molecule has 1 aliphatic rings. The molecule has 1 heterocycles. The molecule has 0 fully saturated rings. The van der Waals surface area contributed by atoms with Crippen molar-refractivity contribution in [2.75, 3.05) is 0 Å². The number of carbonyl (C=O) groups is 1. The van der Waals surface area contributed by atoms with Gasteiger partial charge in [0.15, 0.2) is 0 Å². The number of amides is 1. The topological polar surface area (TPSA) is 53.3 Å². The average molecular weight is 355 g/mol. The Kier molecular flexibility index (Phi) is 4.45. The van der Waals surface area contributed by atoms with Crippen molar-refractivity contribution in [1.29, 1.82) is 5.26 Å². The quantitative estimate of drug-likeness (QED) is 0.713. The maximum atomic E-state index is 12.4. The first kappa shape index (κ1) is 17.3. The van der Waals surface area contributed by atoms with Crippen molar-refractivity contribution in [1.82, 2.24) is 4.90 Å². The van der Waals surface area contributed by atoms with Gasteiger partial charge in [0.2, 0.25) is 0 Å². The maximum absolute atomic E-state index is 12.4. The van der Waals surface area contributed by atoms with Gasteiger partial charge in [0.25, 0.3) is 0 Å². The zero-order valence-electron chi connectivity index (χ0n) is 14.5. The molecule has 2 aromatic carbocycles. The van der Waals surface area contributed by atoms with Crippen molar-refractivity contribution in [3.63, 3.8) is 0 Å². The van der Waals surface area contributed by atoms with Gasteiger partial charge in [0, 0.05) is 17.1 Å². The first-order chi connectivity index (χ1) is 11.8. The molecule has 0 unspecified atom stereocenters. The van der Waals surface area contributed by atoms with E-state index in [0.29, 0.717) is 23.7 Å². The summed E-state index contributed by atoms with van der Waals surface area (Å²) in [6.45, 7) is 6.57. The van der Waals surface area contributed by atoms with Crippen LogP contribution >= 0.6 is 11.6 Å². The number of nitrogens with zero attached hydrogens (tertiary/aromatic N) is 2. The molecule has 25 heavy (non-hydrogen) atoms. The lowest BCUT2D eigenvalue weighted by molar-refractivity contribution is 0.0242. The molecule has 0 bridgehead atoms. The third-order valence-corrected chi connectivity index (χ3v) is 4.34. The zero-order chi connectivity index (χ0) is 18.2. The Morgan fingerprint density at radius 2 is 1.96 bits per heavy atom. The van der Waals surface area contributed by atoms with Crippen molar-refractivity contribution >= 4 is 17.7 Å². The largest absolute Gasteiger partial charge is 0.444 e. The van der Waals surface area contributed by atoms with E-state index in [9.17, 15) is 4.79 Å². The number of hydrogen-bond acceptors (Lipinski definition) is 3. The Labute approximate surface area is 152 Å². The molecule has 0 atom stereocenters. The summed E-state index contributed by atoms with van der Waals surface area (Å²) in [7, 11) is 0. The second kappa shape index (κ2) is 6.42. The Morgan fingerprint density at radius 3 is 2.60 bits per heavy atom. The van der Waals surface area contributed by atoms with Gasteiger partial charge in [0.1, 0.15) is 5.60 Å². The Morgan fingerprint density at radius 1 is 1.20 bits per heavy atom. The number of fused-ring (bicyclic) bond motifs is 1. The summed E-state index contributed by atoms with van der Waals surface area (Å²) in [5, 5.41) is 9.53. The van der Waals surface area contributed by atoms with Gasteiger partial charge < -0.3 is 4.74 Å². The van der Waals surface area contributed by atoms with E-state index < -0.39 is 5.60 Å². The van der Waals surface area contributed by atoms with Crippen LogP contribution in [-0.4, -0.2) is 16.6 Å². The summed E-state index contributed by atoms with van der Waals surface area (Å²) in [5.41, 5.74) is 4.01. The number of ether oxygens (including phenoxy) is 1. The van der Waals surface area contributed by atoms with Crippen LogP contribution in [0.4, 0.5) is 4.79 Å². The molecule has 2 aromatic rings. The Hall–Kier alpha value is -2.51. The van der Waals surface area contributed by atoms with E-state index >= 15 is 0 Å². The molecule has 3 rings (SSSR count). The third kappa shape index (κ3) is 3.62. The van der Waals surface area contributed by atoms with Crippen LogP contribution in [0.25, 0.3) is 11.1 Å². The highest BCUT2D eigenvalue weighted by Crippen LogP contribution is 2.36. The summed E-state index contributed by atoms with van der Waals surface area (Å²) < 4.78 is 5.48. The third-order valence-electron chi connectivity index (χ3n) is 4.02. The summed E-state index contributed by atoms with van der Waals surface area (Å²) >= 11 is 6.37. The van der Waals surface area contributed by atoms with Crippen molar-refractivity contribution in [2.45, 2.75) is 39.5 Å². The van der Waals surface area contributed by atoms with E-state index in [4.69, 9.17) is 21.6 Å². The predicted octanol–water partition coefficient (Wildman–Crippen LogP) is 5.13. The molecule has 0 saturated heterocycles. The molecule has 1 amide bonds. The van der Waals surface area contributed by atoms with Gasteiger partial charge in [-0.05, 0) is 49.6 Å². The minimum absolute atomic E-state index is 0.319. The summed E-state index contributed by atoms with van der Waals surface area (Å²) in [6.07, 6.45) is -0.319. The predicted molar refractivity (Wildman–Crippen MR) is 97.1 cm³/mol. The number of carbonyl (C=O) groups excluding carboxylic acids is 1. The molecule has 1 aliphatic heterocycles. The van der Waals surface area contributed by atoms with E-state index in [1.165, 1.54) is 0 Å². The highest BCUT2D eigenvalue weighted by atomic mass is 35.5. The minimum atomic E-state index is -0.523. The lowest BCUT2D eigenvalue weighted by atomic mass is 9.96. The Balaban J connectivity index is 1.93. The molecule has 128 valence electrons. The van der Waals surface area contributed by atoms with Gasteiger partial charge in [-0.2, -0.15) is 5.26 Å². The first-order valence-electron chi connectivity index (χ1n) is 8.07. The molecular formula is C20H19ClN2O2. The molecule has 5 heteroatoms. The number of halogens is 1. The molecule has 0 aromatic heterocycles. The molecule has 0 aliphatic carbocycles. The summed E-state index contributed by atoms with van der Waals surface area (Å²) in [5.74, 6) is 0. The van der Waals surface area contributed by atoms with Gasteiger partial charge in [-0.3, -0.25) is 4.90 Å². The number of nitriles is 1. The van der Waals surface area contributed by atoms with Crippen molar-refractivity contribution in [3.8, 4) is 17.2 Å². The van der Waals surface area contributed by atoms with Crippen LogP contribution in [0.2, 0.25) is 5.02 Å². The molecule has 0 spiro atoms. The fourth-order valence-electron chi connectivity index (χ4n) is 2.93. The van der Waals surface area contributed by atoms with Crippen molar-refractivity contribution in [3.05, 3.63) is 58.1 Å². The second-order valence-corrected chi connectivity index (χ2v) is 7.49. The highest BCUT2D eigenvalue weighted by Gasteiger charge is 2.29. The van der Waals surface area contributed by atoms with Crippen LogP contribution in [0.3, 0.4) is 0 Å². The van der Waals surface area contributed by atoms with Crippen LogP contribution in [0.1, 0.15) is 37.5 Å². The van der Waals surface area contributed by atoms with Crippen molar-refractivity contribution in [2.24, 2.45) is 0 Å². The van der Waals surface area contributed by atoms with Gasteiger partial charge in [-0.15, -0.1) is 0 Å². The number of benzene rings is 2. The first-order valence-corrected chi connectivity index (χ1v) is 8.45. The molecule has 0 radical (unpaired) electrons. The SMILES string of the molecule is CC(C)(C)OC(=O)N1Cc2cccc(-c3ccc(C#N)cc3Cl)c2C1. The van der Waals surface area contributed by atoms with Crippen molar-refractivity contribution < 1.29 is 9.53 Å².